The Morgan fingerprint density at radius 1 is 0.852 bits per heavy atom. The normalized spacial score (nSPS) is 10.6. The van der Waals surface area contributed by atoms with Gasteiger partial charge < -0.3 is 4.74 Å². The van der Waals surface area contributed by atoms with Gasteiger partial charge in [-0.3, -0.25) is 10.1 Å². The van der Waals surface area contributed by atoms with Crippen LogP contribution in [0.1, 0.15) is 10.4 Å². The van der Waals surface area contributed by atoms with Crippen molar-refractivity contribution in [1.29, 1.82) is 0 Å². The molecular formula is C21H18NO4S+. The second kappa shape index (κ2) is 9.00. The van der Waals surface area contributed by atoms with E-state index >= 15 is 0 Å². The third kappa shape index (κ3) is 4.95. The highest BCUT2D eigenvalue weighted by atomic mass is 32.2. The molecule has 0 amide bonds. The van der Waals surface area contributed by atoms with Gasteiger partial charge in [-0.05, 0) is 36.4 Å². The predicted molar refractivity (Wildman–Crippen MR) is 104 cm³/mol. The van der Waals surface area contributed by atoms with Gasteiger partial charge in [0.1, 0.15) is 0 Å². The Kier molecular flexibility index (Phi) is 6.22. The van der Waals surface area contributed by atoms with Crippen LogP contribution in [0.4, 0.5) is 0 Å². The van der Waals surface area contributed by atoms with Crippen molar-refractivity contribution in [2.75, 3.05) is 13.2 Å². The number of carbonyl (C=O) groups excluding carboxylic acids is 1. The Morgan fingerprint density at radius 2 is 1.41 bits per heavy atom. The molecule has 136 valence electrons. The lowest BCUT2D eigenvalue weighted by molar-refractivity contribution is -0.482. The molecule has 3 aromatic rings. The first-order valence-corrected chi connectivity index (χ1v) is 9.61. The van der Waals surface area contributed by atoms with Crippen LogP contribution in [0.25, 0.3) is 0 Å². The standard InChI is InChI=1S/C21H18NO4S/c23-21(26-15-14-22(24)25)17-8-7-13-20(16-17)27(18-9-3-1-4-10-18)19-11-5-2-6-12-19/h1-13,16H,14-15H2/q+1. The summed E-state index contributed by atoms with van der Waals surface area (Å²) >= 11 is 0. The van der Waals surface area contributed by atoms with E-state index in [0.29, 0.717) is 5.56 Å². The minimum absolute atomic E-state index is 0.237. The van der Waals surface area contributed by atoms with Gasteiger partial charge in [0.2, 0.25) is 6.54 Å². The van der Waals surface area contributed by atoms with E-state index in [0.717, 1.165) is 14.7 Å². The van der Waals surface area contributed by atoms with E-state index in [1.807, 2.05) is 48.5 Å². The number of ether oxygens (including phenoxy) is 1. The smallest absolute Gasteiger partial charge is 0.338 e. The third-order valence-electron chi connectivity index (χ3n) is 3.77. The van der Waals surface area contributed by atoms with Gasteiger partial charge in [-0.25, -0.2) is 4.79 Å². The topological polar surface area (TPSA) is 69.4 Å². The Hall–Kier alpha value is -3.12. The second-order valence-electron chi connectivity index (χ2n) is 5.65. The van der Waals surface area contributed by atoms with Gasteiger partial charge in [0.25, 0.3) is 0 Å². The summed E-state index contributed by atoms with van der Waals surface area (Å²) in [4.78, 5) is 25.4. The minimum atomic E-state index is -0.552. The largest absolute Gasteiger partial charge is 0.455 e. The molecule has 0 N–H and O–H groups in total. The quantitative estimate of drug-likeness (QED) is 0.266. The summed E-state index contributed by atoms with van der Waals surface area (Å²) in [6.45, 7) is -0.636. The molecular weight excluding hydrogens is 362 g/mol. The zero-order valence-electron chi connectivity index (χ0n) is 14.5. The molecule has 0 heterocycles. The molecule has 0 saturated heterocycles. The van der Waals surface area contributed by atoms with Gasteiger partial charge in [0.15, 0.2) is 21.3 Å². The van der Waals surface area contributed by atoms with E-state index in [-0.39, 0.29) is 17.5 Å². The molecule has 0 bridgehead atoms. The average molecular weight is 380 g/mol. The fourth-order valence-corrected chi connectivity index (χ4v) is 4.70. The third-order valence-corrected chi connectivity index (χ3v) is 5.98. The Bertz CT molecular complexity index is 876. The highest BCUT2D eigenvalue weighted by Gasteiger charge is 2.29. The zero-order valence-corrected chi connectivity index (χ0v) is 15.3. The molecule has 0 spiro atoms. The van der Waals surface area contributed by atoms with Gasteiger partial charge in [0, 0.05) is 11.0 Å². The molecule has 5 nitrogen and oxygen atoms in total. The summed E-state index contributed by atoms with van der Waals surface area (Å²) < 4.78 is 5.01. The van der Waals surface area contributed by atoms with Crippen LogP contribution in [0, 0.1) is 10.1 Å². The number of benzene rings is 3. The number of rotatable bonds is 7. The van der Waals surface area contributed by atoms with E-state index < -0.39 is 17.4 Å². The first-order valence-electron chi connectivity index (χ1n) is 8.38. The SMILES string of the molecule is O=C(OCC[N+](=O)[O-])c1cccc([S+](c2ccccc2)c2ccccc2)c1. The van der Waals surface area contributed by atoms with Crippen LogP contribution >= 0.6 is 0 Å². The number of nitro groups is 1. The Labute approximate surface area is 160 Å². The van der Waals surface area contributed by atoms with E-state index in [1.165, 1.54) is 0 Å². The molecule has 3 rings (SSSR count). The average Bonchev–Trinajstić information content (AvgIpc) is 2.70. The Balaban J connectivity index is 1.92. The van der Waals surface area contributed by atoms with Crippen molar-refractivity contribution in [2.45, 2.75) is 14.7 Å². The molecule has 0 unspecified atom stereocenters. The van der Waals surface area contributed by atoms with Crippen LogP contribution in [0.15, 0.2) is 99.6 Å². The Morgan fingerprint density at radius 3 is 1.96 bits per heavy atom. The molecule has 27 heavy (non-hydrogen) atoms. The number of carbonyl (C=O) groups is 1. The van der Waals surface area contributed by atoms with Crippen LogP contribution in [0.5, 0.6) is 0 Å². The molecule has 0 saturated carbocycles. The molecule has 0 aliphatic heterocycles. The first-order chi connectivity index (χ1) is 13.1. The van der Waals surface area contributed by atoms with E-state index in [1.54, 1.807) is 12.1 Å². The number of nitrogens with zero attached hydrogens (tertiary/aromatic N) is 1. The maximum Gasteiger partial charge on any atom is 0.338 e. The van der Waals surface area contributed by atoms with Crippen LogP contribution in [0.3, 0.4) is 0 Å². The minimum Gasteiger partial charge on any atom is -0.455 e. The van der Waals surface area contributed by atoms with Crippen molar-refractivity contribution in [1.82, 2.24) is 0 Å². The van der Waals surface area contributed by atoms with Gasteiger partial charge >= 0.3 is 5.97 Å². The van der Waals surface area contributed by atoms with Gasteiger partial charge in [-0.15, -0.1) is 0 Å². The van der Waals surface area contributed by atoms with Crippen molar-refractivity contribution in [3.8, 4) is 0 Å². The van der Waals surface area contributed by atoms with Crippen LogP contribution < -0.4 is 0 Å². The van der Waals surface area contributed by atoms with Gasteiger partial charge in [0.05, 0.1) is 16.5 Å². The van der Waals surface area contributed by atoms with E-state index in [2.05, 4.69) is 24.3 Å². The van der Waals surface area contributed by atoms with Crippen LogP contribution in [-0.2, 0) is 15.6 Å². The van der Waals surface area contributed by atoms with Crippen molar-refractivity contribution in [3.63, 3.8) is 0 Å². The fraction of sp³-hybridized carbons (Fsp3) is 0.0952. The lowest BCUT2D eigenvalue weighted by atomic mass is 10.2. The summed E-state index contributed by atoms with van der Waals surface area (Å²) in [6, 6.07) is 27.4. The van der Waals surface area contributed by atoms with Crippen LogP contribution in [-0.4, -0.2) is 24.0 Å². The predicted octanol–water partition coefficient (Wildman–Crippen LogP) is 4.22. The summed E-state index contributed by atoms with van der Waals surface area (Å²) in [5.41, 5.74) is 0.389. The molecule has 0 aromatic heterocycles. The lowest BCUT2D eigenvalue weighted by Crippen LogP contribution is -2.14. The van der Waals surface area contributed by atoms with Crippen molar-refractivity contribution in [3.05, 3.63) is 101 Å². The van der Waals surface area contributed by atoms with Crippen LogP contribution in [0.2, 0.25) is 0 Å². The molecule has 0 radical (unpaired) electrons. The maximum atomic E-state index is 12.2. The fourth-order valence-electron chi connectivity index (χ4n) is 2.57. The van der Waals surface area contributed by atoms with Crippen molar-refractivity contribution < 1.29 is 14.5 Å². The molecule has 0 atom stereocenters. The highest BCUT2D eigenvalue weighted by molar-refractivity contribution is 7.97. The number of hydrogen-bond donors (Lipinski definition) is 0. The van der Waals surface area contributed by atoms with Crippen molar-refractivity contribution in [2.24, 2.45) is 0 Å². The van der Waals surface area contributed by atoms with E-state index in [9.17, 15) is 14.9 Å². The highest BCUT2D eigenvalue weighted by Crippen LogP contribution is 2.31. The van der Waals surface area contributed by atoms with Gasteiger partial charge in [-0.2, -0.15) is 0 Å². The van der Waals surface area contributed by atoms with Gasteiger partial charge in [-0.1, -0.05) is 42.5 Å². The summed E-state index contributed by atoms with van der Waals surface area (Å²) in [7, 11) is -0.371. The summed E-state index contributed by atoms with van der Waals surface area (Å²) in [5, 5.41) is 10.4. The van der Waals surface area contributed by atoms with E-state index in [4.69, 9.17) is 4.74 Å². The monoisotopic (exact) mass is 380 g/mol. The second-order valence-corrected chi connectivity index (χ2v) is 7.68. The number of esters is 1. The molecule has 0 aliphatic carbocycles. The maximum absolute atomic E-state index is 12.2. The summed E-state index contributed by atoms with van der Waals surface area (Å²) in [6.07, 6.45) is 0. The summed E-state index contributed by atoms with van der Waals surface area (Å²) in [5.74, 6) is -0.552. The van der Waals surface area contributed by atoms with Crippen molar-refractivity contribution >= 4 is 16.9 Å². The zero-order chi connectivity index (χ0) is 19.1. The molecule has 3 aromatic carbocycles. The molecule has 0 aliphatic rings. The number of hydrogen-bond acceptors (Lipinski definition) is 4. The molecule has 0 fully saturated rings. The first kappa shape index (κ1) is 18.7. The molecule has 6 heteroatoms. The lowest BCUT2D eigenvalue weighted by Gasteiger charge is -2.09.